The van der Waals surface area contributed by atoms with Crippen LogP contribution < -0.4 is 19.5 Å². The molecule has 2 aromatic carbocycles. The standard InChI is InChI=1S/C24H30N2O5/c1-28-21-15-18(16-22(29-2)24(21)30-3)9-10-23(27)25-17-20(19-7-5-4-6-8-19)26-11-13-31-14-12-26/h4-10,15-16,20H,11-14,17H2,1-3H3,(H,25,27)/b10-9+. The van der Waals surface area contributed by atoms with Crippen molar-refractivity contribution in [3.05, 3.63) is 59.7 Å². The summed E-state index contributed by atoms with van der Waals surface area (Å²) in [5.41, 5.74) is 1.95. The molecule has 2 aromatic rings. The minimum Gasteiger partial charge on any atom is -0.493 e. The van der Waals surface area contributed by atoms with Crippen LogP contribution in [0.1, 0.15) is 17.2 Å². The first-order chi connectivity index (χ1) is 15.2. The maximum Gasteiger partial charge on any atom is 0.244 e. The fourth-order valence-corrected chi connectivity index (χ4v) is 3.65. The molecule has 1 heterocycles. The van der Waals surface area contributed by atoms with Crippen LogP contribution in [0.3, 0.4) is 0 Å². The Morgan fingerprint density at radius 2 is 1.71 bits per heavy atom. The van der Waals surface area contributed by atoms with Gasteiger partial charge in [-0.1, -0.05) is 30.3 Å². The molecule has 1 N–H and O–H groups in total. The van der Waals surface area contributed by atoms with E-state index in [1.54, 1.807) is 39.5 Å². The van der Waals surface area contributed by atoms with Gasteiger partial charge in [-0.25, -0.2) is 0 Å². The van der Waals surface area contributed by atoms with Gasteiger partial charge in [0.2, 0.25) is 11.7 Å². The van der Waals surface area contributed by atoms with E-state index in [0.717, 1.165) is 18.7 Å². The lowest BCUT2D eigenvalue weighted by atomic mass is 10.0. The molecular formula is C24H30N2O5. The zero-order chi connectivity index (χ0) is 22.1. The van der Waals surface area contributed by atoms with Crippen molar-refractivity contribution >= 4 is 12.0 Å². The lowest BCUT2D eigenvalue weighted by molar-refractivity contribution is -0.116. The van der Waals surface area contributed by atoms with Gasteiger partial charge < -0.3 is 24.3 Å². The minimum atomic E-state index is -0.164. The van der Waals surface area contributed by atoms with Gasteiger partial charge in [-0.15, -0.1) is 0 Å². The Morgan fingerprint density at radius 3 is 2.29 bits per heavy atom. The number of ether oxygens (including phenoxy) is 4. The number of carbonyl (C=O) groups is 1. The van der Waals surface area contributed by atoms with Crippen LogP contribution in [0.5, 0.6) is 17.2 Å². The van der Waals surface area contributed by atoms with Gasteiger partial charge in [0.05, 0.1) is 40.6 Å². The number of methoxy groups -OCH3 is 3. The Labute approximate surface area is 183 Å². The Bertz CT molecular complexity index is 854. The summed E-state index contributed by atoms with van der Waals surface area (Å²) in [6, 6.07) is 13.9. The second kappa shape index (κ2) is 11.4. The molecule has 0 saturated carbocycles. The first-order valence-electron chi connectivity index (χ1n) is 10.3. The van der Waals surface area contributed by atoms with Crippen LogP contribution in [-0.2, 0) is 9.53 Å². The maximum atomic E-state index is 12.5. The number of amides is 1. The largest absolute Gasteiger partial charge is 0.493 e. The monoisotopic (exact) mass is 426 g/mol. The number of morpholine rings is 1. The van der Waals surface area contributed by atoms with E-state index in [4.69, 9.17) is 18.9 Å². The molecule has 7 nitrogen and oxygen atoms in total. The predicted molar refractivity (Wildman–Crippen MR) is 120 cm³/mol. The summed E-state index contributed by atoms with van der Waals surface area (Å²) in [5.74, 6) is 1.43. The molecule has 1 unspecified atom stereocenters. The molecule has 3 rings (SSSR count). The molecule has 1 saturated heterocycles. The lowest BCUT2D eigenvalue weighted by Gasteiger charge is -2.34. The maximum absolute atomic E-state index is 12.5. The number of nitrogens with zero attached hydrogens (tertiary/aromatic N) is 1. The van der Waals surface area contributed by atoms with Crippen LogP contribution in [0.15, 0.2) is 48.5 Å². The first kappa shape index (κ1) is 22.7. The molecule has 1 amide bonds. The van der Waals surface area contributed by atoms with Gasteiger partial charge in [0, 0.05) is 25.7 Å². The van der Waals surface area contributed by atoms with Crippen molar-refractivity contribution in [2.75, 3.05) is 54.2 Å². The van der Waals surface area contributed by atoms with Gasteiger partial charge in [-0.2, -0.15) is 0 Å². The summed E-state index contributed by atoms with van der Waals surface area (Å²) in [5, 5.41) is 3.03. The fourth-order valence-electron chi connectivity index (χ4n) is 3.65. The molecule has 0 aromatic heterocycles. The van der Waals surface area contributed by atoms with Gasteiger partial charge in [0.25, 0.3) is 0 Å². The van der Waals surface area contributed by atoms with Crippen molar-refractivity contribution in [1.82, 2.24) is 10.2 Å². The SMILES string of the molecule is COc1cc(/C=C/C(=O)NCC(c2ccccc2)N2CCOCC2)cc(OC)c1OC. The molecule has 1 fully saturated rings. The number of nitrogens with one attached hydrogen (secondary N) is 1. The molecule has 31 heavy (non-hydrogen) atoms. The van der Waals surface area contributed by atoms with E-state index in [-0.39, 0.29) is 11.9 Å². The van der Waals surface area contributed by atoms with E-state index in [2.05, 4.69) is 22.3 Å². The van der Waals surface area contributed by atoms with Crippen LogP contribution >= 0.6 is 0 Å². The Kier molecular flexibility index (Phi) is 8.32. The molecule has 1 atom stereocenters. The summed E-state index contributed by atoms with van der Waals surface area (Å²) in [6.07, 6.45) is 3.24. The van der Waals surface area contributed by atoms with Gasteiger partial charge in [0.1, 0.15) is 0 Å². The topological polar surface area (TPSA) is 69.3 Å². The van der Waals surface area contributed by atoms with E-state index in [0.29, 0.717) is 37.0 Å². The van der Waals surface area contributed by atoms with Crippen LogP contribution in [0.25, 0.3) is 6.08 Å². The van der Waals surface area contributed by atoms with Crippen molar-refractivity contribution < 1.29 is 23.7 Å². The normalized spacial score (nSPS) is 15.5. The van der Waals surface area contributed by atoms with Crippen molar-refractivity contribution in [2.24, 2.45) is 0 Å². The molecule has 0 radical (unpaired) electrons. The highest BCUT2D eigenvalue weighted by molar-refractivity contribution is 5.92. The number of hydrogen-bond donors (Lipinski definition) is 1. The third-order valence-electron chi connectivity index (χ3n) is 5.25. The Morgan fingerprint density at radius 1 is 1.06 bits per heavy atom. The minimum absolute atomic E-state index is 0.101. The van der Waals surface area contributed by atoms with Crippen molar-refractivity contribution in [2.45, 2.75) is 6.04 Å². The molecule has 166 valence electrons. The number of benzene rings is 2. The lowest BCUT2D eigenvalue weighted by Crippen LogP contribution is -2.43. The average molecular weight is 427 g/mol. The Hall–Kier alpha value is -3.03. The van der Waals surface area contributed by atoms with Crippen LogP contribution in [0, 0.1) is 0 Å². The molecule has 1 aliphatic heterocycles. The molecule has 1 aliphatic rings. The second-order valence-electron chi connectivity index (χ2n) is 7.11. The molecular weight excluding hydrogens is 396 g/mol. The van der Waals surface area contributed by atoms with E-state index < -0.39 is 0 Å². The number of hydrogen-bond acceptors (Lipinski definition) is 6. The van der Waals surface area contributed by atoms with Gasteiger partial charge >= 0.3 is 0 Å². The highest BCUT2D eigenvalue weighted by Crippen LogP contribution is 2.38. The Balaban J connectivity index is 1.68. The quantitative estimate of drug-likeness (QED) is 0.622. The van der Waals surface area contributed by atoms with Gasteiger partial charge in [0.15, 0.2) is 11.5 Å². The zero-order valence-corrected chi connectivity index (χ0v) is 18.3. The van der Waals surface area contributed by atoms with E-state index in [9.17, 15) is 4.79 Å². The predicted octanol–water partition coefficient (Wildman–Crippen LogP) is 2.92. The summed E-state index contributed by atoms with van der Waals surface area (Å²) in [4.78, 5) is 14.9. The summed E-state index contributed by atoms with van der Waals surface area (Å²) >= 11 is 0. The fraction of sp³-hybridized carbons (Fsp3) is 0.375. The van der Waals surface area contributed by atoms with Gasteiger partial charge in [-0.3, -0.25) is 9.69 Å². The van der Waals surface area contributed by atoms with E-state index in [1.165, 1.54) is 11.6 Å². The van der Waals surface area contributed by atoms with Crippen LogP contribution in [0.4, 0.5) is 0 Å². The molecule has 0 spiro atoms. The van der Waals surface area contributed by atoms with Crippen molar-refractivity contribution in [1.29, 1.82) is 0 Å². The third-order valence-corrected chi connectivity index (χ3v) is 5.25. The molecule has 7 heteroatoms. The van der Waals surface area contributed by atoms with Crippen LogP contribution in [0.2, 0.25) is 0 Å². The summed E-state index contributed by atoms with van der Waals surface area (Å²) < 4.78 is 21.6. The average Bonchev–Trinajstić information content (AvgIpc) is 2.83. The highest BCUT2D eigenvalue weighted by Gasteiger charge is 2.22. The number of carbonyl (C=O) groups excluding carboxylic acids is 1. The highest BCUT2D eigenvalue weighted by atomic mass is 16.5. The summed E-state index contributed by atoms with van der Waals surface area (Å²) in [6.45, 7) is 3.62. The first-order valence-corrected chi connectivity index (χ1v) is 10.3. The van der Waals surface area contributed by atoms with Crippen molar-refractivity contribution in [3.8, 4) is 17.2 Å². The van der Waals surface area contributed by atoms with Crippen molar-refractivity contribution in [3.63, 3.8) is 0 Å². The zero-order valence-electron chi connectivity index (χ0n) is 18.3. The van der Waals surface area contributed by atoms with Crippen LogP contribution in [-0.4, -0.2) is 65.0 Å². The molecule has 0 aliphatic carbocycles. The smallest absolute Gasteiger partial charge is 0.244 e. The third kappa shape index (κ3) is 5.99. The second-order valence-corrected chi connectivity index (χ2v) is 7.11. The number of rotatable bonds is 9. The van der Waals surface area contributed by atoms with E-state index in [1.807, 2.05) is 18.2 Å². The molecule has 0 bridgehead atoms. The summed E-state index contributed by atoms with van der Waals surface area (Å²) in [7, 11) is 4.68. The van der Waals surface area contributed by atoms with E-state index >= 15 is 0 Å². The van der Waals surface area contributed by atoms with Gasteiger partial charge in [-0.05, 0) is 29.3 Å².